The Bertz CT molecular complexity index is 2520. The van der Waals surface area contributed by atoms with Gasteiger partial charge in [-0.2, -0.15) is 0 Å². The summed E-state index contributed by atoms with van der Waals surface area (Å²) in [6.45, 7) is 0. The molecule has 3 aromatic carbocycles. The third-order valence-corrected chi connectivity index (χ3v) is 9.69. The summed E-state index contributed by atoms with van der Waals surface area (Å²) in [4.78, 5) is 66.6. The minimum Gasteiger partial charge on any atom is -0.622 e. The SMILES string of the molecule is O=C([O-])C1=CC2C3[N-]C(NC4=N/C(=N\c5[n-]c(c6ccc(C(=O)[O-])cc56)NC5N=C(N3)c3ccc(C(=O)[O-])cc35)c3ccc(C(=O)[O-])cc34)C2C=C1.[Cu+2].[Na+].[Na+].[Na+].[Na+]. The Morgan fingerprint density at radius 2 is 1.25 bits per heavy atom. The van der Waals surface area contributed by atoms with Crippen LogP contribution in [0.3, 0.4) is 0 Å². The van der Waals surface area contributed by atoms with E-state index < -0.39 is 54.2 Å². The van der Waals surface area contributed by atoms with Gasteiger partial charge in [-0.15, -0.1) is 0 Å². The molecule has 8 bridgehead atoms. The molecule has 16 nitrogen and oxygen atoms in total. The number of nitrogens with zero attached hydrogens (tertiary/aromatic N) is 5. The molecule has 9 rings (SSSR count). The second-order valence-corrected chi connectivity index (χ2v) is 12.6. The zero-order valence-electron chi connectivity index (χ0n) is 30.6. The summed E-state index contributed by atoms with van der Waals surface area (Å²) in [5.74, 6) is -5.55. The zero-order chi connectivity index (χ0) is 36.0. The molecule has 1 fully saturated rings. The number of rotatable bonds is 4. The van der Waals surface area contributed by atoms with Gasteiger partial charge < -0.3 is 70.8 Å². The maximum atomic E-state index is 11.9. The first kappa shape index (κ1) is 47.1. The number of carboxylic acid groups (broad SMARTS) is 4. The summed E-state index contributed by atoms with van der Waals surface area (Å²) in [5, 5.41) is 63.2. The van der Waals surface area contributed by atoms with Crippen molar-refractivity contribution in [2.24, 2.45) is 26.8 Å². The fraction of sp³-hybridized carbons (Fsp3) is 0.139. The Labute approximate surface area is 422 Å². The number of nitrogens with one attached hydrogen (secondary N) is 3. The van der Waals surface area contributed by atoms with Gasteiger partial charge in [0.05, 0.1) is 29.7 Å². The van der Waals surface area contributed by atoms with Crippen LogP contribution in [-0.4, -0.2) is 53.7 Å². The molecule has 4 aromatic rings. The van der Waals surface area contributed by atoms with Gasteiger partial charge in [-0.1, -0.05) is 67.0 Å². The maximum Gasteiger partial charge on any atom is 2.00 e. The molecule has 267 valence electrons. The van der Waals surface area contributed by atoms with Crippen LogP contribution in [0.4, 0.5) is 11.6 Å². The monoisotopic (exact) mass is 847 g/mol. The first-order valence-electron chi connectivity index (χ1n) is 15.9. The van der Waals surface area contributed by atoms with Crippen molar-refractivity contribution >= 4 is 63.8 Å². The number of aliphatic imine (C=N–C) groups is 3. The number of amidine groups is 3. The molecule has 0 spiro atoms. The normalized spacial score (nSPS) is 22.3. The van der Waals surface area contributed by atoms with E-state index in [1.807, 2.05) is 0 Å². The van der Waals surface area contributed by atoms with Crippen LogP contribution in [0, 0.1) is 11.8 Å². The van der Waals surface area contributed by atoms with Crippen LogP contribution < -0.4 is 160 Å². The Balaban J connectivity index is 0.00000144. The van der Waals surface area contributed by atoms with Crippen molar-refractivity contribution in [2.75, 3.05) is 5.32 Å². The third-order valence-electron chi connectivity index (χ3n) is 9.69. The molecule has 5 unspecified atom stereocenters. The molecule has 1 aromatic heterocycles. The van der Waals surface area contributed by atoms with Crippen LogP contribution in [-0.2, 0) is 21.9 Å². The summed E-state index contributed by atoms with van der Waals surface area (Å²) in [7, 11) is 0. The number of carbonyl (C=O) groups excluding carboxylic acids is 4. The minimum absolute atomic E-state index is 0. The van der Waals surface area contributed by atoms with Gasteiger partial charge in [0.1, 0.15) is 17.8 Å². The van der Waals surface area contributed by atoms with Gasteiger partial charge in [-0.3, -0.25) is 4.99 Å². The number of aromatic nitrogens is 1. The Morgan fingerprint density at radius 1 is 0.632 bits per heavy atom. The van der Waals surface area contributed by atoms with Crippen molar-refractivity contribution in [1.29, 1.82) is 0 Å². The number of aliphatic carboxylic acids is 1. The second-order valence-electron chi connectivity index (χ2n) is 12.6. The van der Waals surface area contributed by atoms with E-state index in [1.165, 1.54) is 54.6 Å². The summed E-state index contributed by atoms with van der Waals surface area (Å²) in [5.41, 5.74) is 1.44. The fourth-order valence-corrected chi connectivity index (χ4v) is 7.21. The van der Waals surface area contributed by atoms with Crippen LogP contribution in [0.1, 0.15) is 59.5 Å². The molecule has 5 atom stereocenters. The van der Waals surface area contributed by atoms with Crippen LogP contribution in [0.25, 0.3) is 16.1 Å². The van der Waals surface area contributed by atoms with Gasteiger partial charge in [0.15, 0.2) is 0 Å². The average Bonchev–Trinajstić information content (AvgIpc) is 3.85. The fourth-order valence-electron chi connectivity index (χ4n) is 7.21. The van der Waals surface area contributed by atoms with Gasteiger partial charge in [-0.05, 0) is 68.6 Å². The quantitative estimate of drug-likeness (QED) is 0.162. The molecule has 1 saturated heterocycles. The van der Waals surface area contributed by atoms with E-state index in [2.05, 4.69) is 16.0 Å². The molecule has 0 amide bonds. The molecule has 5 aliphatic rings. The molecule has 1 aliphatic carbocycles. The standard InChI is InChI=1S/C36H25N8O8.Cu.4Na/c45-33(46)13-1-5-17-21(9-13)29-37-25(17)41-30-22-10-14(34(47)48)2-6-18(22)27(38-30)43-32-24-12-16(36(51)52)4-8-20(24)28(40-32)44-31-23-11-15(35(49)50)3-7-19(23)26(39-31)42-29;;;;;/h1-12,17,21,25,29,31H,(H8,38,39,40,41,42,43,44,45,46,47,48,49,50,51,52);;;;;/q-1;+2;4*+1/p-5. The summed E-state index contributed by atoms with van der Waals surface area (Å²) < 4.78 is 0. The largest absolute Gasteiger partial charge is 2.00 e. The topological polar surface area (TPSA) is 262 Å². The number of aromatic carboxylic acids is 3. The number of carboxylic acids is 4. The molecule has 0 saturated carbocycles. The van der Waals surface area contributed by atoms with Gasteiger partial charge in [0, 0.05) is 28.3 Å². The van der Waals surface area contributed by atoms with E-state index in [-0.39, 0.29) is 181 Å². The van der Waals surface area contributed by atoms with Gasteiger partial charge in [0.2, 0.25) is 0 Å². The minimum atomic E-state index is -1.42. The Hall–Kier alpha value is -2.55. The predicted molar refractivity (Wildman–Crippen MR) is 175 cm³/mol. The number of benzene rings is 3. The molecule has 1 radical (unpaired) electrons. The van der Waals surface area contributed by atoms with Crippen LogP contribution in [0.5, 0.6) is 0 Å². The molecule has 4 aliphatic heterocycles. The summed E-state index contributed by atoms with van der Waals surface area (Å²) in [6.07, 6.45) is 2.29. The molecule has 21 heteroatoms. The first-order valence-corrected chi connectivity index (χ1v) is 15.9. The van der Waals surface area contributed by atoms with Gasteiger partial charge >= 0.3 is 135 Å². The van der Waals surface area contributed by atoms with Gasteiger partial charge in [-0.25, -0.2) is 4.99 Å². The summed E-state index contributed by atoms with van der Waals surface area (Å²) >= 11 is 0. The van der Waals surface area contributed by atoms with Crippen molar-refractivity contribution in [1.82, 2.24) is 15.6 Å². The number of carbonyl (C=O) groups is 4. The number of hydrogen-bond donors (Lipinski definition) is 3. The van der Waals surface area contributed by atoms with Crippen molar-refractivity contribution in [3.8, 4) is 0 Å². The number of anilines is 1. The van der Waals surface area contributed by atoms with Gasteiger partial charge in [0.25, 0.3) is 0 Å². The average molecular weight is 848 g/mol. The van der Waals surface area contributed by atoms with Crippen LogP contribution in [0.2, 0.25) is 0 Å². The van der Waals surface area contributed by atoms with E-state index in [4.69, 9.17) is 25.3 Å². The van der Waals surface area contributed by atoms with Crippen molar-refractivity contribution in [3.63, 3.8) is 0 Å². The second kappa shape index (κ2) is 18.4. The molecule has 3 N–H and O–H groups in total. The predicted octanol–water partition coefficient (Wildman–Crippen LogP) is -13.7. The van der Waals surface area contributed by atoms with E-state index in [1.54, 1.807) is 18.2 Å². The number of hydrogen-bond acceptors (Lipinski definition) is 14. The van der Waals surface area contributed by atoms with E-state index in [0.717, 1.165) is 0 Å². The Morgan fingerprint density at radius 3 is 1.93 bits per heavy atom. The molecule has 57 heavy (non-hydrogen) atoms. The van der Waals surface area contributed by atoms with Crippen LogP contribution in [0.15, 0.2) is 93.4 Å². The molecular weight excluding hydrogens is 828 g/mol. The number of fused-ring (bicyclic) bond motifs is 18. The first-order chi connectivity index (χ1) is 25.0. The van der Waals surface area contributed by atoms with Crippen molar-refractivity contribution in [2.45, 2.75) is 18.5 Å². The van der Waals surface area contributed by atoms with E-state index in [0.29, 0.717) is 38.9 Å². The van der Waals surface area contributed by atoms with E-state index >= 15 is 0 Å². The Kier molecular flexibility index (Phi) is 15.2. The maximum absolute atomic E-state index is 11.9. The third kappa shape index (κ3) is 8.44. The molecule has 5 heterocycles. The molecular formula is C36H20CuN8Na4O8. The van der Waals surface area contributed by atoms with Crippen molar-refractivity contribution < 1.29 is 175 Å². The summed E-state index contributed by atoms with van der Waals surface area (Å²) in [6, 6.07) is 12.9. The van der Waals surface area contributed by atoms with Crippen LogP contribution >= 0.6 is 0 Å². The zero-order valence-corrected chi connectivity index (χ0v) is 39.6. The van der Waals surface area contributed by atoms with Crippen molar-refractivity contribution in [3.05, 3.63) is 123 Å². The van der Waals surface area contributed by atoms with E-state index in [9.17, 15) is 39.6 Å². The smallest absolute Gasteiger partial charge is 0.622 e.